The van der Waals surface area contributed by atoms with Gasteiger partial charge in [0.2, 0.25) is 0 Å². The van der Waals surface area contributed by atoms with Gasteiger partial charge in [0.05, 0.1) is 5.41 Å². The molecule has 0 radical (unpaired) electrons. The first kappa shape index (κ1) is 64.4. The smallest absolute Gasteiger partial charge is 0.164 e. The Hall–Kier alpha value is -14.3. The number of nitrogens with zero attached hydrogens (tertiary/aromatic N) is 3. The van der Waals surface area contributed by atoms with Crippen LogP contribution in [0.4, 0.5) is 0 Å². The van der Waals surface area contributed by atoms with Crippen LogP contribution in [0.1, 0.15) is 22.3 Å². The van der Waals surface area contributed by atoms with E-state index in [0.29, 0.717) is 17.5 Å². The van der Waals surface area contributed by atoms with Gasteiger partial charge < -0.3 is 0 Å². The molecule has 0 unspecified atom stereocenters. The fraction of sp³-hybridized carbons (Fsp3) is 0.00943. The maximum atomic E-state index is 5.34. The molecule has 0 atom stereocenters. The van der Waals surface area contributed by atoms with E-state index < -0.39 is 5.41 Å². The van der Waals surface area contributed by atoms with E-state index in [0.717, 1.165) is 89.0 Å². The van der Waals surface area contributed by atoms with Crippen LogP contribution in [0.25, 0.3) is 179 Å². The van der Waals surface area contributed by atoms with E-state index in [-0.39, 0.29) is 0 Å². The Morgan fingerprint density at radius 1 is 0.119 bits per heavy atom. The molecule has 109 heavy (non-hydrogen) atoms. The Bertz CT molecular complexity index is 6480. The molecule has 20 rings (SSSR count). The third kappa shape index (κ3) is 11.9. The van der Waals surface area contributed by atoms with Gasteiger partial charge in [0.25, 0.3) is 0 Å². The number of fused-ring (bicyclic) bond motifs is 10. The first-order chi connectivity index (χ1) is 53.9. The molecular formula is C106H69N3. The fourth-order valence-electron chi connectivity index (χ4n) is 16.8. The molecule has 0 saturated carbocycles. The summed E-state index contributed by atoms with van der Waals surface area (Å²) in [4.78, 5) is 16.0. The molecule has 1 spiro atoms. The second-order valence-corrected chi connectivity index (χ2v) is 28.6. The fourth-order valence-corrected chi connectivity index (χ4v) is 16.8. The van der Waals surface area contributed by atoms with E-state index in [4.69, 9.17) is 15.0 Å². The van der Waals surface area contributed by atoms with E-state index in [1.807, 2.05) is 0 Å². The van der Waals surface area contributed by atoms with Crippen molar-refractivity contribution in [1.82, 2.24) is 15.0 Å². The van der Waals surface area contributed by atoms with Crippen molar-refractivity contribution in [3.8, 4) is 179 Å². The van der Waals surface area contributed by atoms with Crippen molar-refractivity contribution >= 4 is 0 Å². The zero-order valence-corrected chi connectivity index (χ0v) is 59.7. The van der Waals surface area contributed by atoms with Gasteiger partial charge in [-0.3, -0.25) is 0 Å². The van der Waals surface area contributed by atoms with Gasteiger partial charge in [-0.1, -0.05) is 352 Å². The molecule has 0 aliphatic heterocycles. The molecule has 3 nitrogen and oxygen atoms in total. The average molecular weight is 1380 g/mol. The normalized spacial score (nSPS) is 12.1. The summed E-state index contributed by atoms with van der Waals surface area (Å²) in [7, 11) is 0. The van der Waals surface area contributed by atoms with Gasteiger partial charge in [0.15, 0.2) is 17.5 Å². The summed E-state index contributed by atoms with van der Waals surface area (Å²) < 4.78 is 0. The van der Waals surface area contributed by atoms with Crippen LogP contribution >= 0.6 is 0 Å². The third-order valence-electron chi connectivity index (χ3n) is 22.1. The second kappa shape index (κ2) is 27.3. The van der Waals surface area contributed by atoms with E-state index >= 15 is 0 Å². The van der Waals surface area contributed by atoms with Gasteiger partial charge >= 0.3 is 0 Å². The summed E-state index contributed by atoms with van der Waals surface area (Å²) in [6.45, 7) is 0. The highest BCUT2D eigenvalue weighted by molar-refractivity contribution is 5.97. The molecule has 0 amide bonds. The van der Waals surface area contributed by atoms with E-state index in [1.54, 1.807) is 0 Å². The van der Waals surface area contributed by atoms with Gasteiger partial charge in [-0.2, -0.15) is 0 Å². The number of aromatic nitrogens is 3. The second-order valence-electron chi connectivity index (χ2n) is 28.6. The predicted octanol–water partition coefficient (Wildman–Crippen LogP) is 27.6. The lowest BCUT2D eigenvalue weighted by atomic mass is 9.70. The van der Waals surface area contributed by atoms with E-state index in [1.165, 1.54) is 94.6 Å². The molecule has 0 N–H and O–H groups in total. The van der Waals surface area contributed by atoms with Crippen LogP contribution in [-0.2, 0) is 5.41 Å². The Morgan fingerprint density at radius 3 is 0.596 bits per heavy atom. The average Bonchev–Trinajstić information content (AvgIpc) is 1.51. The molecule has 17 aromatic carbocycles. The number of hydrogen-bond acceptors (Lipinski definition) is 3. The highest BCUT2D eigenvalue weighted by atomic mass is 15.0. The molecule has 2 aliphatic rings. The van der Waals surface area contributed by atoms with Crippen LogP contribution in [0.3, 0.4) is 0 Å². The molecule has 2 aliphatic carbocycles. The Morgan fingerprint density at radius 2 is 0.303 bits per heavy atom. The van der Waals surface area contributed by atoms with Gasteiger partial charge in [0.1, 0.15) is 0 Å². The molecule has 1 aromatic heterocycles. The Labute approximate surface area is 635 Å². The van der Waals surface area contributed by atoms with Gasteiger partial charge in [-0.05, 0) is 234 Å². The summed E-state index contributed by atoms with van der Waals surface area (Å²) >= 11 is 0. The quantitative estimate of drug-likeness (QED) is 0.109. The standard InChI is InChI=1S/C106H69N3/c1-3-23-70(24-4-1)74-27-13-30-77(59-74)78-31-15-29-76(61-78)72-53-55-73(56-54-72)103-107-104(93-45-21-43-90(67-93)79-32-14-28-75(60-79)71-25-5-2-6-26-71)109-105(108-103)94-46-22-44-91(68-94)88-41-19-39-86(65-88)84-37-17-35-82(63-84)80-33-16-34-81(62-80)83-36-18-38-85(64-83)87-40-20-42-89(66-87)92-57-58-98-97-49-9-12-52-101(97)106(102(98)69-92)99-50-10-7-47-95(99)96-48-8-11-51-100(96)106/h1-69H. The minimum atomic E-state index is -0.395. The van der Waals surface area contributed by atoms with Crippen molar-refractivity contribution in [3.05, 3.63) is 441 Å². The molecule has 3 heteroatoms. The van der Waals surface area contributed by atoms with Gasteiger partial charge in [-0.25, -0.2) is 15.0 Å². The van der Waals surface area contributed by atoms with Crippen LogP contribution in [0.15, 0.2) is 419 Å². The van der Waals surface area contributed by atoms with Gasteiger partial charge in [-0.15, -0.1) is 0 Å². The van der Waals surface area contributed by atoms with Crippen LogP contribution in [-0.4, -0.2) is 15.0 Å². The zero-order valence-electron chi connectivity index (χ0n) is 59.7. The minimum Gasteiger partial charge on any atom is -0.208 e. The first-order valence-corrected chi connectivity index (χ1v) is 37.4. The van der Waals surface area contributed by atoms with Crippen LogP contribution in [0.2, 0.25) is 0 Å². The van der Waals surface area contributed by atoms with E-state index in [9.17, 15) is 0 Å². The van der Waals surface area contributed by atoms with Crippen LogP contribution in [0.5, 0.6) is 0 Å². The molecule has 508 valence electrons. The van der Waals surface area contributed by atoms with Crippen molar-refractivity contribution in [2.24, 2.45) is 0 Å². The Kier molecular flexibility index (Phi) is 16.1. The monoisotopic (exact) mass is 1380 g/mol. The summed E-state index contributed by atoms with van der Waals surface area (Å²) in [6.07, 6.45) is 0. The minimum absolute atomic E-state index is 0.395. The van der Waals surface area contributed by atoms with E-state index in [2.05, 4.69) is 419 Å². The van der Waals surface area contributed by atoms with Crippen molar-refractivity contribution in [2.45, 2.75) is 5.41 Å². The molecule has 0 fully saturated rings. The Balaban J connectivity index is 0.589. The summed E-state index contributed by atoms with van der Waals surface area (Å²) in [5.74, 6) is 1.78. The topological polar surface area (TPSA) is 38.7 Å². The highest BCUT2D eigenvalue weighted by Crippen LogP contribution is 2.63. The largest absolute Gasteiger partial charge is 0.208 e. The van der Waals surface area contributed by atoms with Crippen molar-refractivity contribution < 1.29 is 0 Å². The highest BCUT2D eigenvalue weighted by Gasteiger charge is 2.51. The maximum Gasteiger partial charge on any atom is 0.164 e. The molecule has 1 heterocycles. The van der Waals surface area contributed by atoms with Crippen LogP contribution in [0, 0.1) is 0 Å². The summed E-state index contributed by atoms with van der Waals surface area (Å²) in [5, 5.41) is 0. The molecule has 0 saturated heterocycles. The zero-order chi connectivity index (χ0) is 72.2. The lowest BCUT2D eigenvalue weighted by Gasteiger charge is -2.30. The van der Waals surface area contributed by atoms with Crippen molar-refractivity contribution in [2.75, 3.05) is 0 Å². The van der Waals surface area contributed by atoms with Crippen molar-refractivity contribution in [3.63, 3.8) is 0 Å². The number of benzene rings is 17. The lowest BCUT2D eigenvalue weighted by molar-refractivity contribution is 0.794. The van der Waals surface area contributed by atoms with Gasteiger partial charge in [0, 0.05) is 16.7 Å². The molecule has 0 bridgehead atoms. The lowest BCUT2D eigenvalue weighted by Crippen LogP contribution is -2.25. The first-order valence-electron chi connectivity index (χ1n) is 37.4. The summed E-state index contributed by atoms with van der Waals surface area (Å²) in [5.41, 5.74) is 38.2. The SMILES string of the molecule is c1ccc(-c2cccc(-c3cccc(-c4ccc(-c5nc(-c6cccc(-c7cccc(-c8ccccc8)c7)c6)nc(-c6cccc(-c7cccc(-c8cccc(-c9cccc(-c%10cccc(-c%11cccc(-c%12ccc%13c(c%12)C%12(c%14ccccc%14-c%14ccccc%14%12)c%12ccccc%12-%13)c%11)c%10)c9)c8)c7)c6)n5)cc4)c3)c2)cc1. The summed E-state index contributed by atoms with van der Waals surface area (Å²) in [6, 6.07) is 152. The predicted molar refractivity (Wildman–Crippen MR) is 452 cm³/mol. The number of hydrogen-bond donors (Lipinski definition) is 0. The molecule has 18 aromatic rings. The maximum absolute atomic E-state index is 5.34. The third-order valence-corrected chi connectivity index (χ3v) is 22.1. The number of rotatable bonds is 14. The van der Waals surface area contributed by atoms with Crippen molar-refractivity contribution in [1.29, 1.82) is 0 Å². The molecular weight excluding hydrogens is 1320 g/mol. The van der Waals surface area contributed by atoms with Crippen LogP contribution < -0.4 is 0 Å².